The predicted molar refractivity (Wildman–Crippen MR) is 132 cm³/mol. The molecule has 0 bridgehead atoms. The zero-order valence-electron chi connectivity index (χ0n) is 19.1. The van der Waals surface area contributed by atoms with Crippen LogP contribution in [0, 0.1) is 0 Å². The zero-order valence-corrected chi connectivity index (χ0v) is 19.1. The van der Waals surface area contributed by atoms with E-state index in [2.05, 4.69) is 0 Å². The molecule has 0 heterocycles. The maximum Gasteiger partial charge on any atom is 0.345 e. The summed E-state index contributed by atoms with van der Waals surface area (Å²) in [5.74, 6) is -4.82. The molecule has 0 fully saturated rings. The van der Waals surface area contributed by atoms with E-state index in [1.165, 1.54) is 60.7 Å². The number of hydrogen-bond donors (Lipinski definition) is 7. The second-order valence-electron chi connectivity index (χ2n) is 7.64. The van der Waals surface area contributed by atoms with Crippen LogP contribution >= 0.6 is 0 Å². The van der Waals surface area contributed by atoms with Crippen molar-refractivity contribution in [3.05, 3.63) is 76.9 Å². The van der Waals surface area contributed by atoms with Gasteiger partial charge in [0.1, 0.15) is 0 Å². The summed E-state index contributed by atoms with van der Waals surface area (Å²) in [7, 11) is 0. The minimum atomic E-state index is -1.58. The molecule has 0 aromatic heterocycles. The molecule has 3 aromatic rings. The lowest BCUT2D eigenvalue weighted by Crippen LogP contribution is -2.28. The van der Waals surface area contributed by atoms with Crippen molar-refractivity contribution in [1.29, 1.82) is 0 Å². The lowest BCUT2D eigenvalue weighted by molar-refractivity contribution is -0.160. The number of esters is 1. The first kappa shape index (κ1) is 28.1. The van der Waals surface area contributed by atoms with E-state index in [0.717, 1.165) is 12.1 Å². The third kappa shape index (κ3) is 7.16. The van der Waals surface area contributed by atoms with Gasteiger partial charge >= 0.3 is 11.9 Å². The maximum absolute atomic E-state index is 12.3. The highest BCUT2D eigenvalue weighted by Crippen LogP contribution is 2.34. The van der Waals surface area contributed by atoms with Crippen LogP contribution in [0.5, 0.6) is 34.5 Å². The molecule has 1 unspecified atom stereocenters. The molecule has 0 spiro atoms. The molecule has 0 saturated heterocycles. The predicted octanol–water partition coefficient (Wildman–Crippen LogP) is 2.52. The molecule has 9 N–H and O–H groups in total. The van der Waals surface area contributed by atoms with Crippen molar-refractivity contribution in [3.8, 4) is 34.5 Å². The molecule has 3 aromatic carbocycles. The molecular formula is C26H24O11. The van der Waals surface area contributed by atoms with E-state index in [0.29, 0.717) is 11.1 Å². The first-order valence-electron chi connectivity index (χ1n) is 10.4. The third-order valence-electron chi connectivity index (χ3n) is 5.07. The van der Waals surface area contributed by atoms with Crippen LogP contribution in [-0.2, 0) is 20.7 Å². The quantitative estimate of drug-likeness (QED) is 0.101. The van der Waals surface area contributed by atoms with Gasteiger partial charge in [-0.25, -0.2) is 9.59 Å². The molecule has 0 aliphatic carbocycles. The zero-order chi connectivity index (χ0) is 26.4. The van der Waals surface area contributed by atoms with E-state index < -0.39 is 35.3 Å². The number of hydrogen-bond acceptors (Lipinski definition) is 9. The van der Waals surface area contributed by atoms with Crippen molar-refractivity contribution in [2.24, 2.45) is 0 Å². The van der Waals surface area contributed by atoms with Gasteiger partial charge in [0.05, 0.1) is 0 Å². The molecule has 194 valence electrons. The van der Waals surface area contributed by atoms with E-state index in [-0.39, 0.29) is 40.3 Å². The third-order valence-corrected chi connectivity index (χ3v) is 5.07. The van der Waals surface area contributed by atoms with Crippen LogP contribution in [0.4, 0.5) is 0 Å². The van der Waals surface area contributed by atoms with Crippen LogP contribution in [0.1, 0.15) is 22.3 Å². The van der Waals surface area contributed by atoms with Crippen LogP contribution in [0.25, 0.3) is 18.2 Å². The monoisotopic (exact) mass is 512 g/mol. The minimum absolute atomic E-state index is 0. The largest absolute Gasteiger partial charge is 0.504 e. The Labute approximate surface area is 210 Å². The number of aliphatic carboxylic acids is 1. The van der Waals surface area contributed by atoms with Crippen molar-refractivity contribution in [1.82, 2.24) is 0 Å². The Bertz CT molecular complexity index is 1360. The fourth-order valence-electron chi connectivity index (χ4n) is 3.18. The van der Waals surface area contributed by atoms with Crippen LogP contribution in [0.2, 0.25) is 0 Å². The van der Waals surface area contributed by atoms with Crippen LogP contribution < -0.4 is 0 Å². The first-order valence-corrected chi connectivity index (χ1v) is 10.4. The molecule has 1 atom stereocenters. The molecule has 37 heavy (non-hydrogen) atoms. The molecule has 0 aliphatic rings. The minimum Gasteiger partial charge on any atom is -0.504 e. The fourth-order valence-corrected chi connectivity index (χ4v) is 3.18. The number of carbonyl (C=O) groups excluding carboxylic acids is 1. The van der Waals surface area contributed by atoms with Gasteiger partial charge in [0.2, 0.25) is 6.10 Å². The molecule has 0 radical (unpaired) electrons. The van der Waals surface area contributed by atoms with E-state index in [4.69, 9.17) is 4.74 Å². The van der Waals surface area contributed by atoms with Crippen LogP contribution in [0.15, 0.2) is 54.6 Å². The SMILES string of the molecule is O.O=C(/C=C/c1ccc(O)c(O)c1/C=C/c1ccc(O)c(O)c1)OC(Cc1ccc(O)c(O)c1)C(=O)O. The van der Waals surface area contributed by atoms with Crippen LogP contribution in [0.3, 0.4) is 0 Å². The number of benzene rings is 3. The number of carbonyl (C=O) groups is 2. The summed E-state index contributed by atoms with van der Waals surface area (Å²) in [6.07, 6.45) is 3.23. The molecular weight excluding hydrogens is 488 g/mol. The Hall–Kier alpha value is -5.16. The highest BCUT2D eigenvalue weighted by Gasteiger charge is 2.22. The second kappa shape index (κ2) is 12.0. The lowest BCUT2D eigenvalue weighted by atomic mass is 10.0. The second-order valence-corrected chi connectivity index (χ2v) is 7.64. The Balaban J connectivity index is 0.00000481. The van der Waals surface area contributed by atoms with Crippen molar-refractivity contribution < 1.29 is 55.5 Å². The Kier molecular flexibility index (Phi) is 9.11. The summed E-state index contributed by atoms with van der Waals surface area (Å²) in [6.45, 7) is 0. The van der Waals surface area contributed by atoms with Gasteiger partial charge in [-0.05, 0) is 59.2 Å². The van der Waals surface area contributed by atoms with Crippen molar-refractivity contribution >= 4 is 30.2 Å². The van der Waals surface area contributed by atoms with Gasteiger partial charge in [0, 0.05) is 18.1 Å². The fraction of sp³-hybridized carbons (Fsp3) is 0.0769. The summed E-state index contributed by atoms with van der Waals surface area (Å²) in [4.78, 5) is 23.9. The number of carboxylic acids is 1. The number of aromatic hydroxyl groups is 6. The number of carboxylic acid groups (broad SMARTS) is 1. The van der Waals surface area contributed by atoms with E-state index in [9.17, 15) is 45.3 Å². The highest BCUT2D eigenvalue weighted by molar-refractivity contribution is 5.91. The van der Waals surface area contributed by atoms with Gasteiger partial charge in [0.25, 0.3) is 0 Å². The van der Waals surface area contributed by atoms with Gasteiger partial charge in [-0.2, -0.15) is 0 Å². The molecule has 3 rings (SSSR count). The topological polar surface area (TPSA) is 216 Å². The normalized spacial score (nSPS) is 11.8. The van der Waals surface area contributed by atoms with Gasteiger partial charge in [0.15, 0.2) is 34.5 Å². The first-order chi connectivity index (χ1) is 17.0. The molecule has 0 aliphatic heterocycles. The lowest BCUT2D eigenvalue weighted by Gasteiger charge is -2.13. The average molecular weight is 512 g/mol. The Morgan fingerprint density at radius 2 is 1.38 bits per heavy atom. The van der Waals surface area contributed by atoms with Crippen molar-refractivity contribution in [3.63, 3.8) is 0 Å². The Morgan fingerprint density at radius 1 is 0.757 bits per heavy atom. The summed E-state index contributed by atoms with van der Waals surface area (Å²) in [5.41, 5.74) is 1.16. The summed E-state index contributed by atoms with van der Waals surface area (Å²) in [6, 6.07) is 10.4. The standard InChI is InChI=1S/C26H22O10.H2O/c27-18-7-2-14(11-21(18)30)1-6-17-16(4-9-20(29)25(17)33)5-10-24(32)36-23(26(34)35)13-15-3-8-19(28)22(31)12-15;/h1-12,23,27-31,33H,13H2,(H,34,35);1H2/b6-1+,10-5+;. The van der Waals surface area contributed by atoms with Gasteiger partial charge in [-0.3, -0.25) is 0 Å². The maximum atomic E-state index is 12.3. The smallest absolute Gasteiger partial charge is 0.345 e. The summed E-state index contributed by atoms with van der Waals surface area (Å²) < 4.78 is 5.00. The van der Waals surface area contributed by atoms with Gasteiger partial charge < -0.3 is 46.0 Å². The number of rotatable bonds is 8. The molecule has 11 heteroatoms. The molecule has 11 nitrogen and oxygen atoms in total. The molecule has 0 saturated carbocycles. The van der Waals surface area contributed by atoms with E-state index >= 15 is 0 Å². The number of phenols is 6. The number of ether oxygens (including phenoxy) is 1. The molecule has 0 amide bonds. The summed E-state index contributed by atoms with van der Waals surface area (Å²) >= 11 is 0. The van der Waals surface area contributed by atoms with Crippen molar-refractivity contribution in [2.75, 3.05) is 0 Å². The Morgan fingerprint density at radius 3 is 2.00 bits per heavy atom. The van der Waals surface area contributed by atoms with E-state index in [1.807, 2.05) is 0 Å². The van der Waals surface area contributed by atoms with Gasteiger partial charge in [-0.1, -0.05) is 24.3 Å². The highest BCUT2D eigenvalue weighted by atomic mass is 16.6. The average Bonchev–Trinajstić information content (AvgIpc) is 2.83. The van der Waals surface area contributed by atoms with Gasteiger partial charge in [-0.15, -0.1) is 0 Å². The van der Waals surface area contributed by atoms with Crippen molar-refractivity contribution in [2.45, 2.75) is 12.5 Å². The summed E-state index contributed by atoms with van der Waals surface area (Å²) in [5, 5.41) is 67.5. The number of phenolic OH excluding ortho intramolecular Hbond substituents is 6. The van der Waals surface area contributed by atoms with Crippen LogP contribution in [-0.4, -0.2) is 59.3 Å². The van der Waals surface area contributed by atoms with E-state index in [1.54, 1.807) is 0 Å².